The molecule has 0 aromatic carbocycles. The second-order valence-electron chi connectivity index (χ2n) is 10.5. The number of unbranched alkanes of at least 4 members (excludes halogenated alkanes) is 6. The van der Waals surface area contributed by atoms with Crippen LogP contribution in [0, 0.1) is 0 Å². The maximum absolute atomic E-state index is 4.34. The van der Waals surface area contributed by atoms with Crippen molar-refractivity contribution in [1.29, 1.82) is 0 Å². The van der Waals surface area contributed by atoms with Crippen molar-refractivity contribution in [2.45, 2.75) is 145 Å². The minimum atomic E-state index is -2.33. The van der Waals surface area contributed by atoms with Crippen molar-refractivity contribution in [2.75, 3.05) is 0 Å². The van der Waals surface area contributed by atoms with E-state index in [9.17, 15) is 0 Å². The summed E-state index contributed by atoms with van der Waals surface area (Å²) in [6.45, 7) is 14.4. The molecule has 3 heteroatoms. The molecule has 31 heavy (non-hydrogen) atoms. The quantitative estimate of drug-likeness (QED) is 0.136. The van der Waals surface area contributed by atoms with Crippen LogP contribution in [0.2, 0.25) is 26.6 Å². The van der Waals surface area contributed by atoms with E-state index in [-0.39, 0.29) is 0 Å². The number of H-pyrrole nitrogens is 1. The second kappa shape index (κ2) is 17.3. The summed E-state index contributed by atoms with van der Waals surface area (Å²) in [5.74, 6) is 0. The van der Waals surface area contributed by atoms with E-state index >= 15 is 0 Å². The van der Waals surface area contributed by atoms with Crippen LogP contribution in [0.3, 0.4) is 0 Å². The Labute approximate surface area is 205 Å². The van der Waals surface area contributed by atoms with E-state index in [1.54, 1.807) is 26.6 Å². The predicted octanol–water partition coefficient (Wildman–Crippen LogP) is 9.13. The van der Waals surface area contributed by atoms with Crippen LogP contribution < -0.4 is 7.42 Å². The van der Waals surface area contributed by atoms with Crippen LogP contribution in [0.25, 0.3) is 0 Å². The monoisotopic (exact) mass is 647 g/mol. The summed E-state index contributed by atoms with van der Waals surface area (Å²) < 4.78 is 13.2. The molecule has 0 fully saturated rings. The molecule has 1 aromatic heterocycles. The first kappa shape index (κ1) is 29.9. The van der Waals surface area contributed by atoms with Crippen molar-refractivity contribution in [3.8, 4) is 0 Å². The molecule has 0 spiro atoms. The molecule has 0 unspecified atom stereocenters. The Bertz CT molecular complexity index is 461. The Morgan fingerprint density at radius 3 is 0.871 bits per heavy atom. The summed E-state index contributed by atoms with van der Waals surface area (Å²) in [6.07, 6.45) is 17.0. The molecule has 182 valence electrons. The van der Waals surface area contributed by atoms with Gasteiger partial charge in [0.05, 0.1) is 0 Å². The molecule has 0 saturated heterocycles. The molecule has 0 aliphatic heterocycles. The van der Waals surface area contributed by atoms with Crippen LogP contribution >= 0.6 is 0 Å². The van der Waals surface area contributed by atoms with Gasteiger partial charge in [-0.05, 0) is 0 Å². The van der Waals surface area contributed by atoms with Crippen molar-refractivity contribution >= 4 is 44.2 Å². The first-order chi connectivity index (χ1) is 15.1. The van der Waals surface area contributed by atoms with E-state index in [2.05, 4.69) is 58.7 Å². The Hall–Kier alpha value is 0.877. The van der Waals surface area contributed by atoms with Gasteiger partial charge in [-0.15, -0.1) is 0 Å². The van der Waals surface area contributed by atoms with Gasteiger partial charge in [0, 0.05) is 0 Å². The molecule has 1 heterocycles. The Morgan fingerprint density at radius 2 is 0.677 bits per heavy atom. The second-order valence-corrected chi connectivity index (χ2v) is 36.7. The number of hydrogen-bond acceptors (Lipinski definition) is 0. The molecule has 0 amide bonds. The minimum absolute atomic E-state index is 1.37. The van der Waals surface area contributed by atoms with Gasteiger partial charge in [-0.25, -0.2) is 0 Å². The molecule has 1 aromatic rings. The van der Waals surface area contributed by atoms with Crippen molar-refractivity contribution < 1.29 is 0 Å². The van der Waals surface area contributed by atoms with Gasteiger partial charge in [-0.3, -0.25) is 0 Å². The first-order valence-corrected chi connectivity index (χ1v) is 29.2. The third-order valence-electron chi connectivity index (χ3n) is 7.88. The van der Waals surface area contributed by atoms with E-state index in [4.69, 9.17) is 0 Å². The molecule has 0 radical (unpaired) electrons. The molecule has 0 aliphatic carbocycles. The summed E-state index contributed by atoms with van der Waals surface area (Å²) in [5, 5.41) is 0. The third-order valence-corrected chi connectivity index (χ3v) is 38.5. The van der Waals surface area contributed by atoms with Gasteiger partial charge >= 0.3 is 207 Å². The fourth-order valence-electron chi connectivity index (χ4n) is 5.66. The molecular formula is C28H57NSn2. The molecule has 1 rings (SSSR count). The van der Waals surface area contributed by atoms with Gasteiger partial charge in [-0.1, -0.05) is 0 Å². The average molecular weight is 645 g/mol. The van der Waals surface area contributed by atoms with Gasteiger partial charge in [0.1, 0.15) is 0 Å². The summed E-state index contributed by atoms with van der Waals surface area (Å²) in [4.78, 5) is 4.34. The summed E-state index contributed by atoms with van der Waals surface area (Å²) in [5.41, 5.74) is 0. The number of aromatic amines is 1. The Balaban J connectivity index is 3.37. The number of nitrogens with one attached hydrogen (secondary N) is 1. The van der Waals surface area contributed by atoms with Gasteiger partial charge in [-0.2, -0.15) is 0 Å². The van der Waals surface area contributed by atoms with Crippen molar-refractivity contribution in [1.82, 2.24) is 4.98 Å². The molecular weight excluding hydrogens is 588 g/mol. The summed E-state index contributed by atoms with van der Waals surface area (Å²) in [7, 11) is 0. The van der Waals surface area contributed by atoms with E-state index in [0.29, 0.717) is 0 Å². The molecule has 1 N–H and O–H groups in total. The molecule has 0 bridgehead atoms. The van der Waals surface area contributed by atoms with Gasteiger partial charge in [0.15, 0.2) is 0 Å². The van der Waals surface area contributed by atoms with E-state index < -0.39 is 36.8 Å². The van der Waals surface area contributed by atoms with E-state index in [0.717, 1.165) is 0 Å². The Morgan fingerprint density at radius 1 is 0.452 bits per heavy atom. The molecule has 0 aliphatic rings. The molecule has 0 saturated carbocycles. The zero-order valence-corrected chi connectivity index (χ0v) is 28.1. The van der Waals surface area contributed by atoms with Crippen LogP contribution in [-0.2, 0) is 0 Å². The van der Waals surface area contributed by atoms with Crippen molar-refractivity contribution in [3.05, 3.63) is 12.1 Å². The first-order valence-electron chi connectivity index (χ1n) is 14.3. The van der Waals surface area contributed by atoms with Crippen LogP contribution in [0.1, 0.15) is 119 Å². The van der Waals surface area contributed by atoms with Gasteiger partial charge in [0.25, 0.3) is 0 Å². The van der Waals surface area contributed by atoms with E-state index in [1.807, 2.05) is 7.42 Å². The third kappa shape index (κ3) is 9.57. The number of aromatic nitrogens is 1. The number of rotatable bonds is 20. The predicted molar refractivity (Wildman–Crippen MR) is 150 cm³/mol. The van der Waals surface area contributed by atoms with Gasteiger partial charge < -0.3 is 0 Å². The summed E-state index contributed by atoms with van der Waals surface area (Å²) >= 11 is -4.67. The molecule has 0 atom stereocenters. The Kier molecular flexibility index (Phi) is 16.7. The van der Waals surface area contributed by atoms with Crippen LogP contribution in [-0.4, -0.2) is 41.7 Å². The number of hydrogen-bond donors (Lipinski definition) is 1. The normalized spacial score (nSPS) is 12.6. The van der Waals surface area contributed by atoms with Crippen LogP contribution in [0.15, 0.2) is 12.1 Å². The zero-order valence-electron chi connectivity index (χ0n) is 22.4. The maximum atomic E-state index is 4.34. The topological polar surface area (TPSA) is 15.8 Å². The summed E-state index contributed by atoms with van der Waals surface area (Å²) in [6, 6.07) is 5.34. The van der Waals surface area contributed by atoms with Gasteiger partial charge in [0.2, 0.25) is 0 Å². The SMILES string of the molecule is CCC[CH2][Sn]([CH2]CCC)([CH2]CCC)[c]1cc[c]([Sn]([CH2]CCC)([CH2]CCC)[CH2]CCC)[nH]1. The van der Waals surface area contributed by atoms with Crippen LogP contribution in [0.5, 0.6) is 0 Å². The van der Waals surface area contributed by atoms with E-state index in [1.165, 1.54) is 77.0 Å². The van der Waals surface area contributed by atoms with Crippen molar-refractivity contribution in [2.24, 2.45) is 0 Å². The molecule has 1 nitrogen and oxygen atoms in total. The fourth-order valence-corrected chi connectivity index (χ4v) is 38.0. The van der Waals surface area contributed by atoms with Crippen LogP contribution in [0.4, 0.5) is 0 Å². The van der Waals surface area contributed by atoms with Crippen molar-refractivity contribution in [3.63, 3.8) is 0 Å². The fraction of sp³-hybridized carbons (Fsp3) is 0.857. The standard InChI is InChI=1S/C4H3N.6C4H9.2Sn/c1-2-4-5-3-1;6*1-3-4-2;;/h1-2,5H;6*1,3-4H2,2H3;;. The zero-order chi connectivity index (χ0) is 23.0. The average Bonchev–Trinajstić information content (AvgIpc) is 3.30.